The van der Waals surface area contributed by atoms with Gasteiger partial charge in [0.2, 0.25) is 0 Å². The van der Waals surface area contributed by atoms with Crippen LogP contribution in [0.3, 0.4) is 0 Å². The third-order valence-corrected chi connectivity index (χ3v) is 5.05. The van der Waals surface area contributed by atoms with Gasteiger partial charge in [-0.3, -0.25) is 4.79 Å². The third kappa shape index (κ3) is 3.38. The average molecular weight is 369 g/mol. The smallest absolute Gasteiger partial charge is 0.307 e. The van der Waals surface area contributed by atoms with Crippen molar-refractivity contribution in [3.05, 3.63) is 59.7 Å². The standard InChI is InChI=1S/C20H20FN3O3/c1-23(27-15-7-4-13(21)5-8-15)14-6-9-18-17(11-19(25)26)16-3-2-10-22-20(16)24(18)12-14/h2-5,7-8,10,14H,6,9,11-12H2,1H3,(H,25,26). The van der Waals surface area contributed by atoms with Crippen molar-refractivity contribution < 1.29 is 19.1 Å². The number of carboxylic acid groups (broad SMARTS) is 1. The zero-order chi connectivity index (χ0) is 19.0. The molecule has 1 N–H and O–H groups in total. The van der Waals surface area contributed by atoms with Crippen molar-refractivity contribution in [3.8, 4) is 5.75 Å². The molecular weight excluding hydrogens is 349 g/mol. The predicted octanol–water partition coefficient (Wildman–Crippen LogP) is 3.04. The van der Waals surface area contributed by atoms with Crippen molar-refractivity contribution in [2.75, 3.05) is 7.05 Å². The van der Waals surface area contributed by atoms with Gasteiger partial charge in [0.05, 0.1) is 12.5 Å². The Morgan fingerprint density at radius 3 is 2.89 bits per heavy atom. The quantitative estimate of drug-likeness (QED) is 0.700. The molecule has 0 radical (unpaired) electrons. The lowest BCUT2D eigenvalue weighted by Gasteiger charge is -2.32. The number of carboxylic acids is 1. The Morgan fingerprint density at radius 1 is 1.37 bits per heavy atom. The second-order valence-corrected chi connectivity index (χ2v) is 6.76. The highest BCUT2D eigenvalue weighted by atomic mass is 19.1. The number of fused-ring (bicyclic) bond motifs is 3. The van der Waals surface area contributed by atoms with E-state index >= 15 is 0 Å². The molecule has 2 aromatic heterocycles. The van der Waals surface area contributed by atoms with Gasteiger partial charge >= 0.3 is 5.97 Å². The van der Waals surface area contributed by atoms with E-state index < -0.39 is 5.97 Å². The third-order valence-electron chi connectivity index (χ3n) is 5.05. The number of aliphatic carboxylic acids is 1. The lowest BCUT2D eigenvalue weighted by molar-refractivity contribution is -0.136. The van der Waals surface area contributed by atoms with Gasteiger partial charge < -0.3 is 14.5 Å². The number of hydrogen-bond donors (Lipinski definition) is 1. The molecule has 0 spiro atoms. The van der Waals surface area contributed by atoms with E-state index in [2.05, 4.69) is 9.55 Å². The molecular formula is C20H20FN3O3. The number of hydroxylamine groups is 2. The fourth-order valence-electron chi connectivity index (χ4n) is 3.76. The first-order valence-electron chi connectivity index (χ1n) is 8.86. The summed E-state index contributed by atoms with van der Waals surface area (Å²) < 4.78 is 15.2. The number of carbonyl (C=O) groups is 1. The zero-order valence-electron chi connectivity index (χ0n) is 14.9. The molecule has 3 aromatic rings. The van der Waals surface area contributed by atoms with Crippen LogP contribution in [0, 0.1) is 5.82 Å². The first kappa shape index (κ1) is 17.5. The highest BCUT2D eigenvalue weighted by Crippen LogP contribution is 2.31. The van der Waals surface area contributed by atoms with E-state index in [4.69, 9.17) is 4.84 Å². The molecule has 1 atom stereocenters. The van der Waals surface area contributed by atoms with E-state index in [1.54, 1.807) is 23.4 Å². The van der Waals surface area contributed by atoms with E-state index in [9.17, 15) is 14.3 Å². The lowest BCUT2D eigenvalue weighted by Crippen LogP contribution is -2.41. The van der Waals surface area contributed by atoms with Crippen LogP contribution >= 0.6 is 0 Å². The summed E-state index contributed by atoms with van der Waals surface area (Å²) >= 11 is 0. The van der Waals surface area contributed by atoms with E-state index in [1.807, 2.05) is 19.2 Å². The minimum atomic E-state index is -0.840. The summed E-state index contributed by atoms with van der Waals surface area (Å²) in [6.45, 7) is 0.653. The maximum Gasteiger partial charge on any atom is 0.307 e. The van der Waals surface area contributed by atoms with Crippen molar-refractivity contribution in [1.82, 2.24) is 14.6 Å². The van der Waals surface area contributed by atoms with Crippen LogP contribution in [0.25, 0.3) is 11.0 Å². The number of pyridine rings is 1. The number of likely N-dealkylation sites (N-methyl/N-ethyl adjacent to an activating group) is 1. The van der Waals surface area contributed by atoms with Gasteiger partial charge in [0, 0.05) is 30.9 Å². The first-order valence-corrected chi connectivity index (χ1v) is 8.86. The van der Waals surface area contributed by atoms with E-state index in [-0.39, 0.29) is 18.3 Å². The first-order chi connectivity index (χ1) is 13.0. The molecule has 0 amide bonds. The van der Waals surface area contributed by atoms with Gasteiger partial charge in [-0.05, 0) is 54.8 Å². The molecule has 0 saturated carbocycles. The summed E-state index contributed by atoms with van der Waals surface area (Å²) in [5.74, 6) is -0.567. The predicted molar refractivity (Wildman–Crippen MR) is 98.0 cm³/mol. The second-order valence-electron chi connectivity index (χ2n) is 6.76. The van der Waals surface area contributed by atoms with Gasteiger partial charge in [-0.15, -0.1) is 5.06 Å². The summed E-state index contributed by atoms with van der Waals surface area (Å²) in [6, 6.07) is 9.78. The van der Waals surface area contributed by atoms with Gasteiger partial charge in [-0.25, -0.2) is 9.37 Å². The largest absolute Gasteiger partial charge is 0.481 e. The normalized spacial score (nSPS) is 16.5. The fourth-order valence-corrected chi connectivity index (χ4v) is 3.76. The number of nitrogens with zero attached hydrogens (tertiary/aromatic N) is 3. The molecule has 1 aliphatic heterocycles. The summed E-state index contributed by atoms with van der Waals surface area (Å²) in [6.07, 6.45) is 3.31. The van der Waals surface area contributed by atoms with Crippen molar-refractivity contribution >= 4 is 17.0 Å². The van der Waals surface area contributed by atoms with E-state index in [1.165, 1.54) is 12.1 Å². The number of benzene rings is 1. The molecule has 0 fully saturated rings. The van der Waals surface area contributed by atoms with Crippen molar-refractivity contribution in [2.24, 2.45) is 0 Å². The molecule has 4 rings (SSSR count). The van der Waals surface area contributed by atoms with Crippen LogP contribution in [-0.4, -0.2) is 38.8 Å². The molecule has 0 bridgehead atoms. The summed E-state index contributed by atoms with van der Waals surface area (Å²) in [7, 11) is 1.86. The van der Waals surface area contributed by atoms with Crippen LogP contribution in [0.2, 0.25) is 0 Å². The number of halogens is 1. The molecule has 0 aliphatic carbocycles. The minimum Gasteiger partial charge on any atom is -0.481 e. The highest BCUT2D eigenvalue weighted by Gasteiger charge is 2.29. The molecule has 1 aliphatic rings. The Bertz CT molecular complexity index is 984. The SMILES string of the molecule is CN(Oc1ccc(F)cc1)C1CCc2c(CC(=O)O)c3cccnc3n2C1. The highest BCUT2D eigenvalue weighted by molar-refractivity contribution is 5.86. The average Bonchev–Trinajstić information content (AvgIpc) is 2.97. The van der Waals surface area contributed by atoms with Crippen LogP contribution in [-0.2, 0) is 24.2 Å². The Morgan fingerprint density at radius 2 is 2.15 bits per heavy atom. The van der Waals surface area contributed by atoms with Crippen LogP contribution in [0.5, 0.6) is 5.75 Å². The maximum atomic E-state index is 13.1. The molecule has 7 heteroatoms. The van der Waals surface area contributed by atoms with Crippen LogP contribution < -0.4 is 4.84 Å². The van der Waals surface area contributed by atoms with Crippen LogP contribution in [0.15, 0.2) is 42.6 Å². The van der Waals surface area contributed by atoms with Crippen molar-refractivity contribution in [1.29, 1.82) is 0 Å². The topological polar surface area (TPSA) is 67.6 Å². The summed E-state index contributed by atoms with van der Waals surface area (Å²) in [5.41, 5.74) is 2.70. The fraction of sp³-hybridized carbons (Fsp3) is 0.300. The summed E-state index contributed by atoms with van der Waals surface area (Å²) in [5, 5.41) is 12.0. The number of hydrogen-bond acceptors (Lipinski definition) is 4. The van der Waals surface area contributed by atoms with Gasteiger partial charge in [0.15, 0.2) is 0 Å². The zero-order valence-corrected chi connectivity index (χ0v) is 14.9. The van der Waals surface area contributed by atoms with E-state index in [0.29, 0.717) is 12.3 Å². The van der Waals surface area contributed by atoms with E-state index in [0.717, 1.165) is 35.1 Å². The molecule has 27 heavy (non-hydrogen) atoms. The minimum absolute atomic E-state index is 0.00287. The Kier molecular flexibility index (Phi) is 4.53. The Hall–Kier alpha value is -2.93. The molecule has 1 unspecified atom stereocenters. The molecule has 3 heterocycles. The molecule has 0 saturated heterocycles. The van der Waals surface area contributed by atoms with Crippen molar-refractivity contribution in [3.63, 3.8) is 0 Å². The Balaban J connectivity index is 1.61. The van der Waals surface area contributed by atoms with Crippen LogP contribution in [0.4, 0.5) is 4.39 Å². The van der Waals surface area contributed by atoms with Gasteiger partial charge in [0.1, 0.15) is 17.2 Å². The monoisotopic (exact) mass is 369 g/mol. The maximum absolute atomic E-state index is 13.1. The van der Waals surface area contributed by atoms with Gasteiger partial charge in [-0.2, -0.15) is 0 Å². The molecule has 6 nitrogen and oxygen atoms in total. The summed E-state index contributed by atoms with van der Waals surface area (Å²) in [4.78, 5) is 21.6. The van der Waals surface area contributed by atoms with Crippen molar-refractivity contribution in [2.45, 2.75) is 31.8 Å². The number of aromatic nitrogens is 2. The second kappa shape index (κ2) is 7.00. The Labute approximate surface area is 155 Å². The molecule has 140 valence electrons. The lowest BCUT2D eigenvalue weighted by atomic mass is 10.0. The van der Waals surface area contributed by atoms with Gasteiger partial charge in [0.25, 0.3) is 0 Å². The molecule has 1 aromatic carbocycles. The number of rotatable bonds is 5. The van der Waals surface area contributed by atoms with Gasteiger partial charge in [-0.1, -0.05) is 0 Å². The van der Waals surface area contributed by atoms with Crippen LogP contribution in [0.1, 0.15) is 17.7 Å².